The smallest absolute Gasteiger partial charge is 0.314 e. The summed E-state index contributed by atoms with van der Waals surface area (Å²) in [5.41, 5.74) is 0.873. The van der Waals surface area contributed by atoms with Gasteiger partial charge in [0.2, 0.25) is 0 Å². The van der Waals surface area contributed by atoms with Crippen molar-refractivity contribution in [3.8, 4) is 11.5 Å². The second kappa shape index (κ2) is 5.08. The van der Waals surface area contributed by atoms with Gasteiger partial charge in [-0.2, -0.15) is 0 Å². The molecule has 0 atom stereocenters. The molecule has 1 saturated heterocycles. The van der Waals surface area contributed by atoms with Crippen LogP contribution in [0.15, 0.2) is 18.2 Å². The number of esters is 2. The molecule has 1 aromatic rings. The molecule has 1 heterocycles. The highest BCUT2D eigenvalue weighted by atomic mass is 16.6. The van der Waals surface area contributed by atoms with E-state index in [0.717, 1.165) is 5.56 Å². The van der Waals surface area contributed by atoms with Crippen LogP contribution in [0.3, 0.4) is 0 Å². The third-order valence-corrected chi connectivity index (χ3v) is 2.93. The standard InChI is InChI=1S/C13H14O5/c1-16-10-4-3-8(5-11(10)17-2)9-6-12(14)18-13(15)7-9/h3-5,9H,6-7H2,1-2H3. The predicted molar refractivity (Wildman–Crippen MR) is 62.6 cm³/mol. The van der Waals surface area contributed by atoms with Gasteiger partial charge in [-0.3, -0.25) is 9.59 Å². The topological polar surface area (TPSA) is 61.8 Å². The van der Waals surface area contributed by atoms with Gasteiger partial charge in [-0.05, 0) is 17.7 Å². The average Bonchev–Trinajstić information content (AvgIpc) is 2.36. The highest BCUT2D eigenvalue weighted by Crippen LogP contribution is 2.34. The van der Waals surface area contributed by atoms with E-state index in [1.54, 1.807) is 26.4 Å². The fraction of sp³-hybridized carbons (Fsp3) is 0.385. The van der Waals surface area contributed by atoms with Gasteiger partial charge in [0.05, 0.1) is 27.1 Å². The van der Waals surface area contributed by atoms with Crippen molar-refractivity contribution in [2.45, 2.75) is 18.8 Å². The molecular formula is C13H14O5. The Bertz CT molecular complexity index is 464. The molecule has 0 unspecified atom stereocenters. The van der Waals surface area contributed by atoms with E-state index >= 15 is 0 Å². The maximum absolute atomic E-state index is 11.2. The van der Waals surface area contributed by atoms with Crippen LogP contribution in [0.4, 0.5) is 0 Å². The minimum Gasteiger partial charge on any atom is -0.493 e. The minimum atomic E-state index is -0.481. The average molecular weight is 250 g/mol. The number of methoxy groups -OCH3 is 2. The lowest BCUT2D eigenvalue weighted by atomic mass is 9.91. The molecule has 0 radical (unpaired) electrons. The van der Waals surface area contributed by atoms with E-state index < -0.39 is 11.9 Å². The lowest BCUT2D eigenvalue weighted by Crippen LogP contribution is -2.24. The third kappa shape index (κ3) is 2.45. The number of hydrogen-bond donors (Lipinski definition) is 0. The van der Waals surface area contributed by atoms with Crippen LogP contribution >= 0.6 is 0 Å². The van der Waals surface area contributed by atoms with Crippen LogP contribution in [0, 0.1) is 0 Å². The minimum absolute atomic E-state index is 0.154. The zero-order valence-electron chi connectivity index (χ0n) is 10.3. The van der Waals surface area contributed by atoms with Gasteiger partial charge in [-0.1, -0.05) is 6.07 Å². The number of ether oxygens (including phenoxy) is 3. The highest BCUT2D eigenvalue weighted by molar-refractivity contribution is 5.89. The summed E-state index contributed by atoms with van der Waals surface area (Å²) in [5, 5.41) is 0. The Labute approximate surface area is 105 Å². The van der Waals surface area contributed by atoms with Gasteiger partial charge >= 0.3 is 11.9 Å². The Kier molecular flexibility index (Phi) is 3.50. The quantitative estimate of drug-likeness (QED) is 0.603. The molecule has 1 fully saturated rings. The predicted octanol–water partition coefficient (Wildman–Crippen LogP) is 1.65. The monoisotopic (exact) mass is 250 g/mol. The number of benzene rings is 1. The maximum Gasteiger partial charge on any atom is 0.314 e. The Morgan fingerprint density at radius 3 is 2.22 bits per heavy atom. The molecule has 96 valence electrons. The van der Waals surface area contributed by atoms with Crippen molar-refractivity contribution in [1.82, 2.24) is 0 Å². The Morgan fingerprint density at radius 1 is 1.06 bits per heavy atom. The van der Waals surface area contributed by atoms with Crippen LogP contribution in [0.5, 0.6) is 11.5 Å². The zero-order chi connectivity index (χ0) is 13.1. The van der Waals surface area contributed by atoms with E-state index in [4.69, 9.17) is 9.47 Å². The van der Waals surface area contributed by atoms with E-state index in [9.17, 15) is 9.59 Å². The molecule has 0 saturated carbocycles. The van der Waals surface area contributed by atoms with Crippen molar-refractivity contribution in [3.63, 3.8) is 0 Å². The maximum atomic E-state index is 11.2. The summed E-state index contributed by atoms with van der Waals surface area (Å²) in [6.07, 6.45) is 0.419. The van der Waals surface area contributed by atoms with E-state index in [2.05, 4.69) is 4.74 Å². The molecule has 1 aliphatic rings. The SMILES string of the molecule is COc1ccc(C2CC(=O)OC(=O)C2)cc1OC. The highest BCUT2D eigenvalue weighted by Gasteiger charge is 2.28. The van der Waals surface area contributed by atoms with Gasteiger partial charge in [0.1, 0.15) is 0 Å². The van der Waals surface area contributed by atoms with Gasteiger partial charge in [0.15, 0.2) is 11.5 Å². The van der Waals surface area contributed by atoms with Crippen LogP contribution in [0.2, 0.25) is 0 Å². The molecule has 0 aromatic heterocycles. The molecule has 0 spiro atoms. The molecule has 0 bridgehead atoms. The van der Waals surface area contributed by atoms with Crippen molar-refractivity contribution in [3.05, 3.63) is 23.8 Å². The number of hydrogen-bond acceptors (Lipinski definition) is 5. The molecule has 2 rings (SSSR count). The van der Waals surface area contributed by atoms with Crippen LogP contribution < -0.4 is 9.47 Å². The summed E-state index contributed by atoms with van der Waals surface area (Å²) in [4.78, 5) is 22.5. The first kappa shape index (κ1) is 12.4. The van der Waals surface area contributed by atoms with Gasteiger partial charge in [0.25, 0.3) is 0 Å². The summed E-state index contributed by atoms with van der Waals surface area (Å²) in [6.45, 7) is 0. The van der Waals surface area contributed by atoms with E-state index in [1.165, 1.54) is 0 Å². The first-order valence-corrected chi connectivity index (χ1v) is 5.59. The summed E-state index contributed by atoms with van der Waals surface area (Å²) in [6, 6.07) is 5.38. The summed E-state index contributed by atoms with van der Waals surface area (Å²) >= 11 is 0. The van der Waals surface area contributed by atoms with E-state index in [1.807, 2.05) is 6.07 Å². The summed E-state index contributed by atoms with van der Waals surface area (Å²) in [5.74, 6) is 0.0861. The van der Waals surface area contributed by atoms with Gasteiger partial charge < -0.3 is 14.2 Å². The lowest BCUT2D eigenvalue weighted by molar-refractivity contribution is -0.163. The molecule has 0 amide bonds. The molecule has 1 aliphatic heterocycles. The Balaban J connectivity index is 2.27. The largest absolute Gasteiger partial charge is 0.493 e. The first-order valence-electron chi connectivity index (χ1n) is 5.59. The van der Waals surface area contributed by atoms with Gasteiger partial charge in [-0.15, -0.1) is 0 Å². The molecule has 0 N–H and O–H groups in total. The Morgan fingerprint density at radius 2 is 1.67 bits per heavy atom. The van der Waals surface area contributed by atoms with E-state index in [-0.39, 0.29) is 18.8 Å². The first-order chi connectivity index (χ1) is 8.63. The summed E-state index contributed by atoms with van der Waals surface area (Å²) < 4.78 is 14.8. The molecule has 1 aromatic carbocycles. The molecule has 0 aliphatic carbocycles. The zero-order valence-corrected chi connectivity index (χ0v) is 10.3. The second-order valence-corrected chi connectivity index (χ2v) is 4.07. The van der Waals surface area contributed by atoms with Crippen LogP contribution in [0.25, 0.3) is 0 Å². The molecule has 5 nitrogen and oxygen atoms in total. The van der Waals surface area contributed by atoms with Crippen LogP contribution in [-0.4, -0.2) is 26.2 Å². The Hall–Kier alpha value is -2.04. The molecule has 18 heavy (non-hydrogen) atoms. The van der Waals surface area contributed by atoms with Crippen molar-refractivity contribution >= 4 is 11.9 Å². The number of carbonyl (C=O) groups excluding carboxylic acids is 2. The number of carbonyl (C=O) groups is 2. The molecule has 5 heteroatoms. The fourth-order valence-electron chi connectivity index (χ4n) is 2.03. The van der Waals surface area contributed by atoms with Crippen LogP contribution in [-0.2, 0) is 14.3 Å². The van der Waals surface area contributed by atoms with Gasteiger partial charge in [-0.25, -0.2) is 0 Å². The third-order valence-electron chi connectivity index (χ3n) is 2.93. The van der Waals surface area contributed by atoms with Crippen molar-refractivity contribution < 1.29 is 23.8 Å². The van der Waals surface area contributed by atoms with Crippen molar-refractivity contribution in [2.75, 3.05) is 14.2 Å². The van der Waals surface area contributed by atoms with Crippen molar-refractivity contribution in [2.24, 2.45) is 0 Å². The van der Waals surface area contributed by atoms with Crippen molar-refractivity contribution in [1.29, 1.82) is 0 Å². The van der Waals surface area contributed by atoms with Gasteiger partial charge in [0, 0.05) is 5.92 Å². The lowest BCUT2D eigenvalue weighted by Gasteiger charge is -2.21. The van der Waals surface area contributed by atoms with Crippen LogP contribution in [0.1, 0.15) is 24.3 Å². The number of cyclic esters (lactones) is 2. The fourth-order valence-corrected chi connectivity index (χ4v) is 2.03. The molecular weight excluding hydrogens is 236 g/mol. The van der Waals surface area contributed by atoms with E-state index in [0.29, 0.717) is 11.5 Å². The summed E-state index contributed by atoms with van der Waals surface area (Å²) in [7, 11) is 3.10. The second-order valence-electron chi connectivity index (χ2n) is 4.07. The normalized spacial score (nSPS) is 16.3. The number of rotatable bonds is 3.